The molecule has 2 aliphatic carbocycles. The van der Waals surface area contributed by atoms with E-state index in [0.29, 0.717) is 22.9 Å². The van der Waals surface area contributed by atoms with E-state index in [2.05, 4.69) is 18.3 Å². The van der Waals surface area contributed by atoms with Crippen LogP contribution < -0.4 is 5.32 Å². The number of hydrogen-bond acceptors (Lipinski definition) is 4. The zero-order valence-corrected chi connectivity index (χ0v) is 12.5. The minimum atomic E-state index is -0.921. The van der Waals surface area contributed by atoms with E-state index in [1.807, 2.05) is 0 Å². The lowest BCUT2D eigenvalue weighted by Crippen LogP contribution is -2.16. The summed E-state index contributed by atoms with van der Waals surface area (Å²) in [5.41, 5.74) is 1.64. The Morgan fingerprint density at radius 3 is 2.81 bits per heavy atom. The average Bonchev–Trinajstić information content (AvgIpc) is 3.16. The van der Waals surface area contributed by atoms with Crippen LogP contribution in [-0.2, 0) is 22.4 Å². The van der Waals surface area contributed by atoms with Crippen molar-refractivity contribution >= 4 is 28.2 Å². The predicted molar refractivity (Wildman–Crippen MR) is 78.1 cm³/mol. The van der Waals surface area contributed by atoms with Crippen LogP contribution in [-0.4, -0.2) is 17.0 Å². The van der Waals surface area contributed by atoms with Crippen molar-refractivity contribution in [1.29, 1.82) is 5.26 Å². The molecule has 0 radical (unpaired) electrons. The largest absolute Gasteiger partial charge is 0.481 e. The van der Waals surface area contributed by atoms with E-state index in [4.69, 9.17) is 5.11 Å². The molecule has 2 N–H and O–H groups in total. The summed E-state index contributed by atoms with van der Waals surface area (Å²) in [4.78, 5) is 24.1. The van der Waals surface area contributed by atoms with Gasteiger partial charge in [0.2, 0.25) is 5.91 Å². The average molecular weight is 304 g/mol. The summed E-state index contributed by atoms with van der Waals surface area (Å²) in [6.45, 7) is 2.19. The predicted octanol–water partition coefficient (Wildman–Crippen LogP) is 2.40. The zero-order chi connectivity index (χ0) is 15.1. The number of carbonyl (C=O) groups is 2. The number of carbonyl (C=O) groups excluding carboxylic acids is 1. The van der Waals surface area contributed by atoms with Crippen LogP contribution in [0.2, 0.25) is 0 Å². The Bertz CT molecular complexity index is 659. The molecule has 1 aromatic heterocycles. The Labute approximate surface area is 126 Å². The van der Waals surface area contributed by atoms with Gasteiger partial charge in [-0.15, -0.1) is 11.3 Å². The Hall–Kier alpha value is -1.87. The lowest BCUT2D eigenvalue weighted by molar-refractivity contribution is -0.139. The highest BCUT2D eigenvalue weighted by atomic mass is 32.1. The fraction of sp³-hybridized carbons (Fsp3) is 0.533. The molecule has 2 aliphatic rings. The van der Waals surface area contributed by atoms with Crippen LogP contribution in [0.1, 0.15) is 35.8 Å². The fourth-order valence-corrected chi connectivity index (χ4v) is 4.28. The second-order valence-corrected chi connectivity index (χ2v) is 7.05. The minimum Gasteiger partial charge on any atom is -0.481 e. The van der Waals surface area contributed by atoms with Crippen molar-refractivity contribution in [1.82, 2.24) is 0 Å². The Morgan fingerprint density at radius 2 is 2.19 bits per heavy atom. The van der Waals surface area contributed by atoms with Gasteiger partial charge in [0.15, 0.2) is 0 Å². The maximum Gasteiger partial charge on any atom is 0.307 e. The van der Waals surface area contributed by atoms with Gasteiger partial charge in [-0.1, -0.05) is 6.92 Å². The summed E-state index contributed by atoms with van der Waals surface area (Å²) >= 11 is 1.47. The topological polar surface area (TPSA) is 90.2 Å². The number of aliphatic carboxylic acids is 1. The van der Waals surface area contributed by atoms with Gasteiger partial charge in [-0.25, -0.2) is 0 Å². The van der Waals surface area contributed by atoms with E-state index in [1.165, 1.54) is 16.2 Å². The highest BCUT2D eigenvalue weighted by molar-refractivity contribution is 7.16. The molecule has 0 bridgehead atoms. The van der Waals surface area contributed by atoms with Gasteiger partial charge in [0.1, 0.15) is 11.1 Å². The van der Waals surface area contributed by atoms with Crippen molar-refractivity contribution in [2.24, 2.45) is 17.8 Å². The Morgan fingerprint density at radius 1 is 1.43 bits per heavy atom. The first-order valence-electron chi connectivity index (χ1n) is 7.09. The molecule has 0 spiro atoms. The number of carboxylic acid groups (broad SMARTS) is 1. The zero-order valence-electron chi connectivity index (χ0n) is 11.7. The highest BCUT2D eigenvalue weighted by Crippen LogP contribution is 2.42. The SMILES string of the molecule is CC1CCc2c(sc(NC(=O)C3CC3C(=O)O)c2C#N)C1. The van der Waals surface area contributed by atoms with E-state index in [1.54, 1.807) is 0 Å². The molecule has 0 aliphatic heterocycles. The third kappa shape index (κ3) is 2.54. The molecule has 3 atom stereocenters. The quantitative estimate of drug-likeness (QED) is 0.897. The lowest BCUT2D eigenvalue weighted by Gasteiger charge is -2.17. The Kier molecular flexibility index (Phi) is 3.46. The molecule has 0 saturated heterocycles. The molecule has 5 nitrogen and oxygen atoms in total. The molecule has 1 amide bonds. The smallest absolute Gasteiger partial charge is 0.307 e. The molecule has 0 aromatic carbocycles. The number of fused-ring (bicyclic) bond motifs is 1. The standard InChI is InChI=1S/C15H16N2O3S/c1-7-2-3-8-11(6-16)14(21-12(8)4-7)17-13(18)9-5-10(9)15(19)20/h7,9-10H,2-5H2,1H3,(H,17,18)(H,19,20). The van der Waals surface area contributed by atoms with Crippen molar-refractivity contribution in [3.63, 3.8) is 0 Å². The van der Waals surface area contributed by atoms with Gasteiger partial charge in [-0.2, -0.15) is 5.26 Å². The van der Waals surface area contributed by atoms with E-state index in [0.717, 1.165) is 24.8 Å². The Balaban J connectivity index is 1.79. The van der Waals surface area contributed by atoms with Gasteiger partial charge in [-0.05, 0) is 37.2 Å². The third-order valence-corrected chi connectivity index (χ3v) is 5.47. The van der Waals surface area contributed by atoms with Gasteiger partial charge < -0.3 is 10.4 Å². The fourth-order valence-electron chi connectivity index (χ4n) is 2.92. The third-order valence-electron chi connectivity index (χ3n) is 4.30. The summed E-state index contributed by atoms with van der Waals surface area (Å²) in [6, 6.07) is 2.20. The maximum atomic E-state index is 12.1. The number of carboxylic acids is 1. The molecule has 3 rings (SSSR count). The molecule has 6 heteroatoms. The number of nitrogens with zero attached hydrogens (tertiary/aromatic N) is 1. The molecule has 1 saturated carbocycles. The molecule has 110 valence electrons. The highest BCUT2D eigenvalue weighted by Gasteiger charge is 2.48. The van der Waals surface area contributed by atoms with Crippen molar-refractivity contribution in [3.05, 3.63) is 16.0 Å². The second-order valence-electron chi connectivity index (χ2n) is 5.94. The van der Waals surface area contributed by atoms with Gasteiger partial charge in [0.05, 0.1) is 17.4 Å². The van der Waals surface area contributed by atoms with Gasteiger partial charge >= 0.3 is 5.97 Å². The maximum absolute atomic E-state index is 12.1. The first-order valence-corrected chi connectivity index (χ1v) is 7.91. The normalized spacial score (nSPS) is 26.6. The minimum absolute atomic E-state index is 0.273. The molecule has 3 unspecified atom stereocenters. The van der Waals surface area contributed by atoms with Crippen LogP contribution in [0.5, 0.6) is 0 Å². The number of hydrogen-bond donors (Lipinski definition) is 2. The second kappa shape index (κ2) is 5.15. The van der Waals surface area contributed by atoms with Gasteiger partial charge in [0.25, 0.3) is 0 Å². The van der Waals surface area contributed by atoms with Crippen molar-refractivity contribution in [3.8, 4) is 6.07 Å². The molecule has 21 heavy (non-hydrogen) atoms. The van der Waals surface area contributed by atoms with E-state index >= 15 is 0 Å². The van der Waals surface area contributed by atoms with Gasteiger partial charge in [0, 0.05) is 4.88 Å². The van der Waals surface area contributed by atoms with Crippen LogP contribution in [0, 0.1) is 29.1 Å². The van der Waals surface area contributed by atoms with Crippen LogP contribution in [0.15, 0.2) is 0 Å². The summed E-state index contributed by atoms with van der Waals surface area (Å²) in [5.74, 6) is -1.61. The van der Waals surface area contributed by atoms with E-state index in [-0.39, 0.29) is 5.91 Å². The van der Waals surface area contributed by atoms with Crippen LogP contribution in [0.3, 0.4) is 0 Å². The number of thiophene rings is 1. The van der Waals surface area contributed by atoms with Crippen LogP contribution >= 0.6 is 11.3 Å². The molecule has 1 aromatic rings. The first kappa shape index (κ1) is 14.1. The molecule has 1 fully saturated rings. The lowest BCUT2D eigenvalue weighted by atomic mass is 9.88. The summed E-state index contributed by atoms with van der Waals surface area (Å²) in [5, 5.41) is 21.6. The van der Waals surface area contributed by atoms with Crippen LogP contribution in [0.4, 0.5) is 5.00 Å². The van der Waals surface area contributed by atoms with E-state index < -0.39 is 17.8 Å². The van der Waals surface area contributed by atoms with E-state index in [9.17, 15) is 14.9 Å². The van der Waals surface area contributed by atoms with Crippen molar-refractivity contribution in [2.45, 2.75) is 32.6 Å². The number of rotatable bonds is 3. The summed E-state index contributed by atoms with van der Waals surface area (Å²) < 4.78 is 0. The number of nitriles is 1. The number of amides is 1. The monoisotopic (exact) mass is 304 g/mol. The number of anilines is 1. The van der Waals surface area contributed by atoms with Crippen molar-refractivity contribution < 1.29 is 14.7 Å². The summed E-state index contributed by atoms with van der Waals surface area (Å²) in [6.07, 6.45) is 3.29. The molecular formula is C15H16N2O3S. The summed E-state index contributed by atoms with van der Waals surface area (Å²) in [7, 11) is 0. The van der Waals surface area contributed by atoms with Crippen molar-refractivity contribution in [2.75, 3.05) is 5.32 Å². The first-order chi connectivity index (χ1) is 10.0. The number of nitrogens with one attached hydrogen (secondary N) is 1. The molecular weight excluding hydrogens is 288 g/mol. The van der Waals surface area contributed by atoms with Crippen LogP contribution in [0.25, 0.3) is 0 Å². The molecule has 1 heterocycles. The van der Waals surface area contributed by atoms with Gasteiger partial charge in [-0.3, -0.25) is 9.59 Å².